The molecule has 2 aromatic rings. The molecule has 0 aliphatic carbocycles. The second-order valence-corrected chi connectivity index (χ2v) is 6.09. The highest BCUT2D eigenvalue weighted by Crippen LogP contribution is 2.39. The van der Waals surface area contributed by atoms with Crippen LogP contribution in [-0.2, 0) is 12.1 Å². The molecule has 0 fully saturated rings. The Morgan fingerprint density at radius 2 is 2.15 bits per heavy atom. The van der Waals surface area contributed by atoms with E-state index in [9.17, 15) is 18.3 Å². The molecule has 2 atom stereocenters. The number of allylic oxidation sites excluding steroid dienone is 1. The number of halogens is 4. The van der Waals surface area contributed by atoms with Crippen molar-refractivity contribution in [1.82, 2.24) is 14.8 Å². The summed E-state index contributed by atoms with van der Waals surface area (Å²) >= 11 is 5.72. The first-order valence-electron chi connectivity index (χ1n) is 7.74. The standard InChI is InChI=1S/C17H17ClF3N5O/c1-10(15(22-2)14(21)16(18)23-3)17(27,7-26-9-24-8-25-26)12-5-4-11(19)6-13(12)20/h4-6,8-10,27H,2,7H2,1,3H3/b15-14+,23-16?. The molecule has 0 spiro atoms. The van der Waals surface area contributed by atoms with Gasteiger partial charge in [-0.15, -0.1) is 0 Å². The van der Waals surface area contributed by atoms with E-state index >= 15 is 0 Å². The number of aromatic nitrogens is 3. The first kappa shape index (κ1) is 20.8. The Morgan fingerprint density at radius 3 is 2.67 bits per heavy atom. The molecule has 144 valence electrons. The summed E-state index contributed by atoms with van der Waals surface area (Å²) in [6.07, 6.45) is 2.51. The van der Waals surface area contributed by atoms with E-state index in [0.29, 0.717) is 6.07 Å². The maximum atomic E-state index is 14.6. The predicted molar refractivity (Wildman–Crippen MR) is 96.3 cm³/mol. The van der Waals surface area contributed by atoms with Crippen molar-refractivity contribution >= 4 is 23.5 Å². The van der Waals surface area contributed by atoms with Gasteiger partial charge < -0.3 is 5.11 Å². The van der Waals surface area contributed by atoms with E-state index in [0.717, 1.165) is 12.1 Å². The lowest BCUT2D eigenvalue weighted by Gasteiger charge is -2.35. The monoisotopic (exact) mass is 399 g/mol. The molecule has 10 heteroatoms. The molecule has 0 radical (unpaired) electrons. The van der Waals surface area contributed by atoms with Gasteiger partial charge >= 0.3 is 0 Å². The average molecular weight is 400 g/mol. The molecule has 0 aliphatic heterocycles. The van der Waals surface area contributed by atoms with Crippen LogP contribution in [0.4, 0.5) is 13.2 Å². The molecule has 6 nitrogen and oxygen atoms in total. The molecule has 2 unspecified atom stereocenters. The van der Waals surface area contributed by atoms with Crippen LogP contribution in [0.2, 0.25) is 0 Å². The van der Waals surface area contributed by atoms with E-state index < -0.39 is 34.2 Å². The summed E-state index contributed by atoms with van der Waals surface area (Å²) in [6.45, 7) is 4.39. The summed E-state index contributed by atoms with van der Waals surface area (Å²) in [5, 5.41) is 14.8. The van der Waals surface area contributed by atoms with Gasteiger partial charge in [-0.3, -0.25) is 9.98 Å². The number of aliphatic imine (C=N–C) groups is 2. The molecule has 1 aromatic heterocycles. The third-order valence-corrected chi connectivity index (χ3v) is 4.50. The fraction of sp³-hybridized carbons (Fsp3) is 0.294. The highest BCUT2D eigenvalue weighted by Gasteiger charge is 2.42. The van der Waals surface area contributed by atoms with Crippen molar-refractivity contribution in [2.75, 3.05) is 7.05 Å². The third kappa shape index (κ3) is 4.25. The molecule has 0 amide bonds. The Labute approximate surface area is 158 Å². The van der Waals surface area contributed by atoms with Crippen LogP contribution in [0, 0.1) is 17.6 Å². The Hall–Kier alpha value is -2.52. The smallest absolute Gasteiger partial charge is 0.181 e. The van der Waals surface area contributed by atoms with Crippen LogP contribution in [0.1, 0.15) is 12.5 Å². The van der Waals surface area contributed by atoms with Crippen LogP contribution in [0.3, 0.4) is 0 Å². The lowest BCUT2D eigenvalue weighted by atomic mass is 9.79. The normalized spacial score (nSPS) is 16.5. The van der Waals surface area contributed by atoms with Crippen molar-refractivity contribution in [3.8, 4) is 0 Å². The number of rotatable bonds is 7. The van der Waals surface area contributed by atoms with Crippen molar-refractivity contribution in [2.24, 2.45) is 15.9 Å². The van der Waals surface area contributed by atoms with Crippen molar-refractivity contribution in [2.45, 2.75) is 19.1 Å². The molecule has 27 heavy (non-hydrogen) atoms. The minimum absolute atomic E-state index is 0.273. The van der Waals surface area contributed by atoms with Crippen LogP contribution in [0.25, 0.3) is 0 Å². The molecule has 1 heterocycles. The summed E-state index contributed by atoms with van der Waals surface area (Å²) in [4.78, 5) is 10.9. The maximum Gasteiger partial charge on any atom is 0.181 e. The van der Waals surface area contributed by atoms with E-state index in [4.69, 9.17) is 11.6 Å². The van der Waals surface area contributed by atoms with Crippen molar-refractivity contribution in [3.05, 3.63) is 59.6 Å². The topological polar surface area (TPSA) is 75.7 Å². The van der Waals surface area contributed by atoms with Gasteiger partial charge in [0.2, 0.25) is 0 Å². The molecule has 0 saturated carbocycles. The molecule has 0 saturated heterocycles. The van der Waals surface area contributed by atoms with Crippen LogP contribution >= 0.6 is 11.6 Å². The number of nitrogens with zero attached hydrogens (tertiary/aromatic N) is 5. The van der Waals surface area contributed by atoms with Crippen LogP contribution in [0.15, 0.2) is 52.4 Å². The second-order valence-electron chi connectivity index (χ2n) is 5.73. The van der Waals surface area contributed by atoms with E-state index in [1.807, 2.05) is 0 Å². The van der Waals surface area contributed by atoms with Crippen molar-refractivity contribution in [3.63, 3.8) is 0 Å². The lowest BCUT2D eigenvalue weighted by molar-refractivity contribution is -0.0270. The number of aliphatic hydroxyl groups is 1. The Kier molecular flexibility index (Phi) is 6.50. The number of hydrogen-bond acceptors (Lipinski definition) is 5. The largest absolute Gasteiger partial charge is 0.382 e. The zero-order chi connectivity index (χ0) is 20.2. The van der Waals surface area contributed by atoms with E-state index in [1.54, 1.807) is 0 Å². The van der Waals surface area contributed by atoms with Crippen LogP contribution < -0.4 is 0 Å². The fourth-order valence-electron chi connectivity index (χ4n) is 2.68. The van der Waals surface area contributed by atoms with Gasteiger partial charge in [-0.05, 0) is 12.8 Å². The number of benzene rings is 1. The first-order valence-corrected chi connectivity index (χ1v) is 8.11. The Bertz CT molecular complexity index is 885. The molecule has 1 N–H and O–H groups in total. The SMILES string of the molecule is C=N/C(=C(/F)C(Cl)=NC)C(C)C(O)(Cn1cncn1)c1ccc(F)cc1F. The van der Waals surface area contributed by atoms with Crippen molar-refractivity contribution < 1.29 is 18.3 Å². The summed E-state index contributed by atoms with van der Waals surface area (Å²) < 4.78 is 43.6. The minimum atomic E-state index is -2.08. The lowest BCUT2D eigenvalue weighted by Crippen LogP contribution is -2.40. The van der Waals surface area contributed by atoms with E-state index in [1.165, 1.54) is 31.3 Å². The fourth-order valence-corrected chi connectivity index (χ4v) is 2.78. The van der Waals surface area contributed by atoms with Gasteiger partial charge in [-0.25, -0.2) is 22.8 Å². The van der Waals surface area contributed by atoms with Gasteiger partial charge in [0.15, 0.2) is 11.0 Å². The highest BCUT2D eigenvalue weighted by atomic mass is 35.5. The van der Waals surface area contributed by atoms with Gasteiger partial charge in [0.05, 0.1) is 12.2 Å². The van der Waals surface area contributed by atoms with Gasteiger partial charge in [0.1, 0.15) is 29.9 Å². The first-order chi connectivity index (χ1) is 12.7. The molecule has 1 aromatic carbocycles. The zero-order valence-corrected chi connectivity index (χ0v) is 15.3. The summed E-state index contributed by atoms with van der Waals surface area (Å²) in [5.74, 6) is -4.00. The summed E-state index contributed by atoms with van der Waals surface area (Å²) in [6, 6.07) is 2.68. The predicted octanol–water partition coefficient (Wildman–Crippen LogP) is 3.23. The van der Waals surface area contributed by atoms with Gasteiger partial charge in [0.25, 0.3) is 0 Å². The van der Waals surface area contributed by atoms with Gasteiger partial charge in [0, 0.05) is 24.6 Å². The van der Waals surface area contributed by atoms with E-state index in [2.05, 4.69) is 26.8 Å². The zero-order valence-electron chi connectivity index (χ0n) is 14.6. The highest BCUT2D eigenvalue weighted by molar-refractivity contribution is 6.69. The van der Waals surface area contributed by atoms with Gasteiger partial charge in [-0.2, -0.15) is 5.10 Å². The van der Waals surface area contributed by atoms with E-state index in [-0.39, 0.29) is 17.8 Å². The summed E-state index contributed by atoms with van der Waals surface area (Å²) in [7, 11) is 1.27. The third-order valence-electron chi connectivity index (χ3n) is 4.17. The minimum Gasteiger partial charge on any atom is -0.382 e. The molecular formula is C17H17ClF3N5O. The molecule has 0 bridgehead atoms. The number of hydrogen-bond donors (Lipinski definition) is 1. The quantitative estimate of drug-likeness (QED) is 0.726. The Balaban J connectivity index is 2.66. The van der Waals surface area contributed by atoms with Crippen molar-refractivity contribution in [1.29, 1.82) is 0 Å². The molecule has 2 rings (SSSR count). The Morgan fingerprint density at radius 1 is 1.44 bits per heavy atom. The van der Waals surface area contributed by atoms with Crippen LogP contribution in [0.5, 0.6) is 0 Å². The molecular weight excluding hydrogens is 383 g/mol. The molecule has 0 aliphatic rings. The van der Waals surface area contributed by atoms with Crippen LogP contribution in [-0.4, -0.2) is 38.8 Å². The van der Waals surface area contributed by atoms with Gasteiger partial charge in [-0.1, -0.05) is 24.6 Å². The summed E-state index contributed by atoms with van der Waals surface area (Å²) in [5.41, 5.74) is -2.69. The average Bonchev–Trinajstić information content (AvgIpc) is 3.13. The second kappa shape index (κ2) is 8.45. The maximum absolute atomic E-state index is 14.6.